The molecule has 510 valence electrons. The highest BCUT2D eigenvalue weighted by Crippen LogP contribution is 2.45. The van der Waals surface area contributed by atoms with Crippen LogP contribution in [0.5, 0.6) is 0 Å². The normalized spacial score (nSPS) is 14.5. The predicted molar refractivity (Wildman–Crippen MR) is 345 cm³/mol. The summed E-state index contributed by atoms with van der Waals surface area (Å²) in [7, 11) is -9.88. The van der Waals surface area contributed by atoms with Crippen LogP contribution in [0.25, 0.3) is 0 Å². The summed E-state index contributed by atoms with van der Waals surface area (Å²) < 4.78 is 67.9. The minimum Gasteiger partial charge on any atom is -0.462 e. The van der Waals surface area contributed by atoms with Gasteiger partial charge in [0.2, 0.25) is 0 Å². The van der Waals surface area contributed by atoms with E-state index in [1.54, 1.807) is 0 Å². The number of phosphoric acid groups is 2. The zero-order valence-corrected chi connectivity index (χ0v) is 57.2. The Balaban J connectivity index is 5.15. The van der Waals surface area contributed by atoms with E-state index in [-0.39, 0.29) is 25.7 Å². The summed E-state index contributed by atoms with van der Waals surface area (Å²) in [5.74, 6) is -1.29. The lowest BCUT2D eigenvalue weighted by Crippen LogP contribution is -2.30. The lowest BCUT2D eigenvalue weighted by atomic mass is 9.99. The maximum absolute atomic E-state index is 13.0. The van der Waals surface area contributed by atoms with E-state index in [0.29, 0.717) is 25.7 Å². The summed E-state index contributed by atoms with van der Waals surface area (Å²) in [4.78, 5) is 72.1. The Morgan fingerprint density at radius 1 is 0.326 bits per heavy atom. The van der Waals surface area contributed by atoms with Crippen molar-refractivity contribution in [3.8, 4) is 0 Å². The van der Waals surface area contributed by atoms with Gasteiger partial charge in [0.25, 0.3) is 0 Å². The molecule has 0 aromatic carbocycles. The van der Waals surface area contributed by atoms with Crippen LogP contribution in [0.15, 0.2) is 0 Å². The number of ether oxygens (including phenoxy) is 4. The van der Waals surface area contributed by atoms with Crippen LogP contribution >= 0.6 is 15.6 Å². The van der Waals surface area contributed by atoms with E-state index in [4.69, 9.17) is 37.0 Å². The highest BCUT2D eigenvalue weighted by atomic mass is 31.2. The van der Waals surface area contributed by atoms with Gasteiger partial charge in [-0.3, -0.25) is 37.3 Å². The summed E-state index contributed by atoms with van der Waals surface area (Å²) in [6, 6.07) is 0. The standard InChI is InChI=1S/C67H130O17P2/c1-6-10-13-16-18-20-22-25-29-33-36-41-46-51-65(70)78-57-63(84-67(72)53-48-43-38-34-30-27-24-23-26-28-31-35-40-44-49-60(5)9-4)59-82-86(75,76)80-55-61(68)54-79-85(73,74)81-58-62(56-77-64(69)50-45-39-15-12-8-3)83-66(71)52-47-42-37-32-21-19-17-14-11-7-2/h60-63,68H,6-59H2,1-5H3,(H,73,74)(H,75,76)/t60?,61-,62+,63+/m0/s1. The third kappa shape index (κ3) is 59.7. The SMILES string of the molecule is CCCCCCCCCCCCCCCC(=O)OC[C@H](COP(=O)(O)OC[C@@H](O)COP(=O)(O)OC[C@@H](COC(=O)CCCCCCC)OC(=O)CCCCCCCCCCCC)OC(=O)CCCCCCCCCCCCCCCCC(C)CC. The number of rotatable bonds is 67. The van der Waals surface area contributed by atoms with E-state index in [0.717, 1.165) is 102 Å². The second-order valence-electron chi connectivity index (χ2n) is 24.5. The molecule has 6 atom stereocenters. The van der Waals surface area contributed by atoms with Crippen molar-refractivity contribution in [3.05, 3.63) is 0 Å². The van der Waals surface area contributed by atoms with Crippen LogP contribution in [0.2, 0.25) is 0 Å². The number of hydrogen-bond donors (Lipinski definition) is 3. The fourth-order valence-electron chi connectivity index (χ4n) is 10.1. The molecule has 0 aromatic rings. The van der Waals surface area contributed by atoms with Crippen LogP contribution in [0.1, 0.15) is 343 Å². The molecule has 0 spiro atoms. The molecule has 0 heterocycles. The molecule has 19 heteroatoms. The third-order valence-corrected chi connectivity index (χ3v) is 17.8. The van der Waals surface area contributed by atoms with Crippen LogP contribution in [-0.2, 0) is 65.4 Å². The maximum atomic E-state index is 13.0. The first-order chi connectivity index (χ1) is 41.6. The minimum absolute atomic E-state index is 0.106. The monoisotopic (exact) mass is 1270 g/mol. The van der Waals surface area contributed by atoms with Crippen molar-refractivity contribution in [1.82, 2.24) is 0 Å². The van der Waals surface area contributed by atoms with E-state index in [2.05, 4.69) is 34.6 Å². The Hall–Kier alpha value is -1.94. The van der Waals surface area contributed by atoms with E-state index in [1.807, 2.05) is 0 Å². The van der Waals surface area contributed by atoms with E-state index < -0.39 is 97.5 Å². The second-order valence-corrected chi connectivity index (χ2v) is 27.4. The Bertz CT molecular complexity index is 1670. The topological polar surface area (TPSA) is 237 Å². The van der Waals surface area contributed by atoms with E-state index >= 15 is 0 Å². The van der Waals surface area contributed by atoms with Gasteiger partial charge in [0.1, 0.15) is 19.3 Å². The van der Waals surface area contributed by atoms with Gasteiger partial charge in [-0.05, 0) is 31.6 Å². The smallest absolute Gasteiger partial charge is 0.462 e. The first-order valence-electron chi connectivity index (χ1n) is 35.2. The Labute approximate surface area is 524 Å². The van der Waals surface area contributed by atoms with Gasteiger partial charge in [0.15, 0.2) is 12.2 Å². The third-order valence-electron chi connectivity index (χ3n) is 15.9. The fourth-order valence-corrected chi connectivity index (χ4v) is 11.7. The van der Waals surface area contributed by atoms with Gasteiger partial charge in [-0.15, -0.1) is 0 Å². The Morgan fingerprint density at radius 2 is 0.558 bits per heavy atom. The zero-order valence-electron chi connectivity index (χ0n) is 55.4. The van der Waals surface area contributed by atoms with E-state index in [9.17, 15) is 43.2 Å². The van der Waals surface area contributed by atoms with Gasteiger partial charge < -0.3 is 33.8 Å². The molecule has 0 amide bonds. The summed E-state index contributed by atoms with van der Waals surface area (Å²) in [5.41, 5.74) is 0. The molecule has 0 fully saturated rings. The molecule has 0 rings (SSSR count). The van der Waals surface area contributed by atoms with Crippen molar-refractivity contribution in [3.63, 3.8) is 0 Å². The fraction of sp³-hybridized carbons (Fsp3) is 0.940. The number of carbonyl (C=O) groups is 4. The van der Waals surface area contributed by atoms with Crippen molar-refractivity contribution >= 4 is 39.5 Å². The Kier molecular flexibility index (Phi) is 59.2. The van der Waals surface area contributed by atoms with Gasteiger partial charge in [-0.2, -0.15) is 0 Å². The van der Waals surface area contributed by atoms with Crippen LogP contribution in [0.4, 0.5) is 0 Å². The molecule has 86 heavy (non-hydrogen) atoms. The number of phosphoric ester groups is 2. The number of unbranched alkanes of at least 4 members (excludes halogenated alkanes) is 38. The molecule has 0 aliphatic heterocycles. The Morgan fingerprint density at radius 3 is 0.826 bits per heavy atom. The lowest BCUT2D eigenvalue weighted by Gasteiger charge is -2.21. The molecule has 0 saturated carbocycles. The van der Waals surface area contributed by atoms with E-state index in [1.165, 1.54) is 161 Å². The molecule has 3 unspecified atom stereocenters. The van der Waals surface area contributed by atoms with Crippen LogP contribution in [0, 0.1) is 5.92 Å². The molecule has 0 aromatic heterocycles. The van der Waals surface area contributed by atoms with Gasteiger partial charge >= 0.3 is 39.5 Å². The zero-order chi connectivity index (χ0) is 63.5. The molecule has 17 nitrogen and oxygen atoms in total. The average Bonchev–Trinajstić information content (AvgIpc) is 3.59. The first kappa shape index (κ1) is 84.1. The molecular formula is C67H130O17P2. The summed E-state index contributed by atoms with van der Waals surface area (Å²) in [6.45, 7) is 7.18. The lowest BCUT2D eigenvalue weighted by molar-refractivity contribution is -0.161. The quantitative estimate of drug-likeness (QED) is 0.0222. The molecule has 0 saturated heterocycles. The number of aliphatic hydroxyl groups excluding tert-OH is 1. The minimum atomic E-state index is -4.95. The largest absolute Gasteiger partial charge is 0.472 e. The van der Waals surface area contributed by atoms with Crippen molar-refractivity contribution < 1.29 is 80.2 Å². The summed E-state index contributed by atoms with van der Waals surface area (Å²) >= 11 is 0. The van der Waals surface area contributed by atoms with Crippen molar-refractivity contribution in [2.45, 2.75) is 361 Å². The van der Waals surface area contributed by atoms with Crippen molar-refractivity contribution in [2.75, 3.05) is 39.6 Å². The molecule has 0 bridgehead atoms. The second kappa shape index (κ2) is 60.6. The molecule has 0 aliphatic carbocycles. The van der Waals surface area contributed by atoms with Gasteiger partial charge in [-0.1, -0.05) is 291 Å². The maximum Gasteiger partial charge on any atom is 0.472 e. The predicted octanol–water partition coefficient (Wildman–Crippen LogP) is 19.0. The molecular weight excluding hydrogens is 1140 g/mol. The van der Waals surface area contributed by atoms with Gasteiger partial charge in [-0.25, -0.2) is 9.13 Å². The van der Waals surface area contributed by atoms with Gasteiger partial charge in [0, 0.05) is 25.7 Å². The van der Waals surface area contributed by atoms with Crippen LogP contribution in [0.3, 0.4) is 0 Å². The van der Waals surface area contributed by atoms with Crippen molar-refractivity contribution in [2.24, 2.45) is 5.92 Å². The first-order valence-corrected chi connectivity index (χ1v) is 38.2. The highest BCUT2D eigenvalue weighted by molar-refractivity contribution is 7.47. The number of carbonyl (C=O) groups excluding carboxylic acids is 4. The number of esters is 4. The molecule has 0 aliphatic rings. The van der Waals surface area contributed by atoms with Crippen LogP contribution in [-0.4, -0.2) is 96.7 Å². The van der Waals surface area contributed by atoms with Gasteiger partial charge in [0.05, 0.1) is 26.4 Å². The number of hydrogen-bond acceptors (Lipinski definition) is 15. The summed E-state index contributed by atoms with van der Waals surface area (Å²) in [6.07, 6.45) is 46.1. The molecule has 3 N–H and O–H groups in total. The number of aliphatic hydroxyl groups is 1. The van der Waals surface area contributed by atoms with Crippen LogP contribution < -0.4 is 0 Å². The van der Waals surface area contributed by atoms with Crippen molar-refractivity contribution in [1.29, 1.82) is 0 Å². The summed E-state index contributed by atoms with van der Waals surface area (Å²) in [5, 5.41) is 10.5. The highest BCUT2D eigenvalue weighted by Gasteiger charge is 2.30. The molecule has 0 radical (unpaired) electrons. The average molecular weight is 1270 g/mol.